The van der Waals surface area contributed by atoms with E-state index < -0.39 is 0 Å². The van der Waals surface area contributed by atoms with E-state index in [4.69, 9.17) is 0 Å². The molecule has 0 saturated heterocycles. The molecule has 0 saturated carbocycles. The maximum atomic E-state index is 2.32. The molecule has 0 aliphatic rings. The Hall–Kier alpha value is -0.790. The number of rotatable bonds is 2. The summed E-state index contributed by atoms with van der Waals surface area (Å²) in [7, 11) is 2.11. The summed E-state index contributed by atoms with van der Waals surface area (Å²) in [5, 5.41) is 0. The number of imidazole rings is 1. The van der Waals surface area contributed by atoms with E-state index in [1.165, 1.54) is 5.82 Å². The summed E-state index contributed by atoms with van der Waals surface area (Å²) in [6, 6.07) is 0.559. The van der Waals surface area contributed by atoms with Crippen LogP contribution in [0.15, 0.2) is 12.4 Å². The zero-order valence-electron chi connectivity index (χ0n) is 8.70. The number of aryl methyl sites for hydroxylation is 1. The van der Waals surface area contributed by atoms with E-state index in [1.807, 2.05) is 0 Å². The minimum Gasteiger partial charge on any atom is -0.237 e. The molecule has 0 amide bonds. The SMILES string of the molecule is CC(C)c1n(C(C)C)cc[n+]1C. The summed E-state index contributed by atoms with van der Waals surface area (Å²) in [4.78, 5) is 0. The standard InChI is InChI=1S/C10H19N2/c1-8(2)10-11(5)6-7-12(10)9(3)4/h6-9H,1-5H3/q+1. The Morgan fingerprint density at radius 1 is 1.25 bits per heavy atom. The van der Waals surface area contributed by atoms with Gasteiger partial charge in [-0.2, -0.15) is 0 Å². The number of hydrogen-bond donors (Lipinski definition) is 0. The third-order valence-electron chi connectivity index (χ3n) is 2.15. The van der Waals surface area contributed by atoms with Crippen LogP contribution in [0.2, 0.25) is 0 Å². The fourth-order valence-corrected chi connectivity index (χ4v) is 1.65. The van der Waals surface area contributed by atoms with Gasteiger partial charge in [0, 0.05) is 0 Å². The molecule has 2 nitrogen and oxygen atoms in total. The molecular weight excluding hydrogens is 148 g/mol. The molecule has 68 valence electrons. The van der Waals surface area contributed by atoms with E-state index in [-0.39, 0.29) is 0 Å². The lowest BCUT2D eigenvalue weighted by Gasteiger charge is -2.07. The lowest BCUT2D eigenvalue weighted by Crippen LogP contribution is -2.33. The number of aromatic nitrogens is 2. The average molecular weight is 167 g/mol. The molecule has 0 aliphatic carbocycles. The summed E-state index contributed by atoms with van der Waals surface area (Å²) >= 11 is 0. The minimum atomic E-state index is 0.559. The van der Waals surface area contributed by atoms with E-state index in [1.54, 1.807) is 0 Å². The quantitative estimate of drug-likeness (QED) is 0.596. The van der Waals surface area contributed by atoms with Gasteiger partial charge >= 0.3 is 0 Å². The second-order valence-electron chi connectivity index (χ2n) is 3.92. The van der Waals surface area contributed by atoms with Crippen molar-refractivity contribution >= 4 is 0 Å². The van der Waals surface area contributed by atoms with Crippen LogP contribution in [0.3, 0.4) is 0 Å². The van der Waals surface area contributed by atoms with Crippen LogP contribution in [0.25, 0.3) is 0 Å². The van der Waals surface area contributed by atoms with E-state index in [0.29, 0.717) is 12.0 Å². The molecule has 0 radical (unpaired) electrons. The van der Waals surface area contributed by atoms with Crippen molar-refractivity contribution in [3.8, 4) is 0 Å². The maximum absolute atomic E-state index is 2.32. The van der Waals surface area contributed by atoms with Crippen molar-refractivity contribution in [2.24, 2.45) is 7.05 Å². The Morgan fingerprint density at radius 3 is 2.17 bits per heavy atom. The summed E-state index contributed by atoms with van der Waals surface area (Å²) in [6.45, 7) is 8.89. The van der Waals surface area contributed by atoms with Gasteiger partial charge in [-0.05, 0) is 13.8 Å². The van der Waals surface area contributed by atoms with Gasteiger partial charge < -0.3 is 0 Å². The zero-order valence-corrected chi connectivity index (χ0v) is 8.70. The van der Waals surface area contributed by atoms with Crippen LogP contribution in [-0.2, 0) is 7.05 Å². The molecule has 0 aliphatic heterocycles. The first-order valence-corrected chi connectivity index (χ1v) is 4.60. The first-order valence-electron chi connectivity index (χ1n) is 4.60. The molecule has 1 aromatic heterocycles. The zero-order chi connectivity index (χ0) is 9.30. The van der Waals surface area contributed by atoms with Crippen LogP contribution in [0.1, 0.15) is 45.5 Å². The largest absolute Gasteiger partial charge is 0.258 e. The molecular formula is C10H19N2+. The Balaban J connectivity index is 3.12. The molecule has 12 heavy (non-hydrogen) atoms. The number of hydrogen-bond acceptors (Lipinski definition) is 0. The molecule has 0 aromatic carbocycles. The first-order chi connectivity index (χ1) is 5.54. The van der Waals surface area contributed by atoms with Crippen molar-refractivity contribution in [2.75, 3.05) is 0 Å². The summed E-state index contributed by atoms with van der Waals surface area (Å²) in [6.07, 6.45) is 4.27. The second-order valence-corrected chi connectivity index (χ2v) is 3.92. The fourth-order valence-electron chi connectivity index (χ4n) is 1.65. The van der Waals surface area contributed by atoms with Crippen LogP contribution < -0.4 is 4.57 Å². The van der Waals surface area contributed by atoms with Crippen molar-refractivity contribution in [3.63, 3.8) is 0 Å². The third kappa shape index (κ3) is 1.52. The molecule has 2 heteroatoms. The van der Waals surface area contributed by atoms with Gasteiger partial charge in [0.2, 0.25) is 0 Å². The minimum absolute atomic E-state index is 0.559. The molecule has 0 atom stereocenters. The highest BCUT2D eigenvalue weighted by Crippen LogP contribution is 2.14. The van der Waals surface area contributed by atoms with Crippen LogP contribution in [0.5, 0.6) is 0 Å². The molecule has 0 bridgehead atoms. The Bertz CT molecular complexity index is 259. The molecule has 1 rings (SSSR count). The van der Waals surface area contributed by atoms with Crippen molar-refractivity contribution < 1.29 is 4.57 Å². The Morgan fingerprint density at radius 2 is 1.83 bits per heavy atom. The molecule has 0 fully saturated rings. The van der Waals surface area contributed by atoms with Crippen LogP contribution in [0, 0.1) is 0 Å². The van der Waals surface area contributed by atoms with Gasteiger partial charge in [0.05, 0.1) is 19.0 Å². The van der Waals surface area contributed by atoms with Gasteiger partial charge in [0.25, 0.3) is 5.82 Å². The maximum Gasteiger partial charge on any atom is 0.258 e. The highest BCUT2D eigenvalue weighted by Gasteiger charge is 2.19. The van der Waals surface area contributed by atoms with Gasteiger partial charge in [0.1, 0.15) is 12.4 Å². The highest BCUT2D eigenvalue weighted by molar-refractivity contribution is 4.91. The summed E-state index contributed by atoms with van der Waals surface area (Å²) in [5.41, 5.74) is 0. The van der Waals surface area contributed by atoms with Crippen molar-refractivity contribution in [1.82, 2.24) is 4.57 Å². The van der Waals surface area contributed by atoms with E-state index >= 15 is 0 Å². The van der Waals surface area contributed by atoms with Gasteiger partial charge in [0.15, 0.2) is 0 Å². The third-order valence-corrected chi connectivity index (χ3v) is 2.15. The Labute approximate surface area is 74.8 Å². The smallest absolute Gasteiger partial charge is 0.237 e. The van der Waals surface area contributed by atoms with Crippen LogP contribution in [-0.4, -0.2) is 4.57 Å². The van der Waals surface area contributed by atoms with Crippen LogP contribution in [0.4, 0.5) is 0 Å². The lowest BCUT2D eigenvalue weighted by molar-refractivity contribution is -0.680. The monoisotopic (exact) mass is 167 g/mol. The molecule has 0 N–H and O–H groups in total. The van der Waals surface area contributed by atoms with Gasteiger partial charge in [-0.15, -0.1) is 0 Å². The number of nitrogens with zero attached hydrogens (tertiary/aromatic N) is 2. The van der Waals surface area contributed by atoms with E-state index in [0.717, 1.165) is 0 Å². The first kappa shape index (κ1) is 9.30. The molecule has 0 unspecified atom stereocenters. The normalized spacial score (nSPS) is 11.6. The Kier molecular flexibility index (Phi) is 2.55. The predicted octanol–water partition coefficient (Wildman–Crippen LogP) is 2.02. The van der Waals surface area contributed by atoms with Gasteiger partial charge in [-0.1, -0.05) is 13.8 Å². The summed E-state index contributed by atoms with van der Waals surface area (Å²) < 4.78 is 4.52. The van der Waals surface area contributed by atoms with Crippen LogP contribution >= 0.6 is 0 Å². The van der Waals surface area contributed by atoms with E-state index in [9.17, 15) is 0 Å². The molecule has 1 aromatic rings. The van der Waals surface area contributed by atoms with Gasteiger partial charge in [-0.25, -0.2) is 9.13 Å². The van der Waals surface area contributed by atoms with Crippen molar-refractivity contribution in [3.05, 3.63) is 18.2 Å². The fraction of sp³-hybridized carbons (Fsp3) is 0.700. The van der Waals surface area contributed by atoms with E-state index in [2.05, 4.69) is 56.3 Å². The molecule has 0 spiro atoms. The summed E-state index contributed by atoms with van der Waals surface area (Å²) in [5.74, 6) is 1.98. The predicted molar refractivity (Wildman–Crippen MR) is 50.1 cm³/mol. The van der Waals surface area contributed by atoms with Crippen molar-refractivity contribution in [2.45, 2.75) is 39.7 Å². The highest BCUT2D eigenvalue weighted by atomic mass is 15.1. The second kappa shape index (κ2) is 3.30. The average Bonchev–Trinajstić information content (AvgIpc) is 2.30. The topological polar surface area (TPSA) is 8.81 Å². The molecule has 1 heterocycles. The van der Waals surface area contributed by atoms with Gasteiger partial charge in [-0.3, -0.25) is 0 Å². The van der Waals surface area contributed by atoms with Crippen molar-refractivity contribution in [1.29, 1.82) is 0 Å². The lowest BCUT2D eigenvalue weighted by atomic mass is 10.2.